The van der Waals surface area contributed by atoms with Crippen LogP contribution in [0.5, 0.6) is 0 Å². The zero-order valence-corrected chi connectivity index (χ0v) is 12.1. The molecule has 0 aliphatic carbocycles. The maximum absolute atomic E-state index is 5.61. The molecule has 0 atom stereocenters. The molecule has 0 saturated heterocycles. The molecule has 0 saturated carbocycles. The number of rotatable bonds is 3. The minimum Gasteiger partial charge on any atom is -0.333 e. The molecule has 0 aliphatic rings. The third-order valence-electron chi connectivity index (χ3n) is 3.02. The second-order valence-corrected chi connectivity index (χ2v) is 5.55. The van der Waals surface area contributed by atoms with Gasteiger partial charge in [-0.25, -0.2) is 4.98 Å². The monoisotopic (exact) mass is 286 g/mol. The lowest BCUT2D eigenvalue weighted by atomic mass is 10.1. The van der Waals surface area contributed by atoms with Crippen LogP contribution in [0.4, 0.5) is 0 Å². The normalized spacial score (nSPS) is 10.9. The highest BCUT2D eigenvalue weighted by Gasteiger charge is 2.17. The summed E-state index contributed by atoms with van der Waals surface area (Å²) < 4.78 is 5.37. The first-order valence-corrected chi connectivity index (χ1v) is 7.07. The van der Waals surface area contributed by atoms with Gasteiger partial charge < -0.3 is 10.3 Å². The van der Waals surface area contributed by atoms with Crippen LogP contribution < -0.4 is 5.73 Å². The average molecular weight is 286 g/mol. The van der Waals surface area contributed by atoms with Gasteiger partial charge in [-0.3, -0.25) is 0 Å². The molecule has 0 bridgehead atoms. The molecule has 0 radical (unpaired) electrons. The van der Waals surface area contributed by atoms with Crippen molar-refractivity contribution < 1.29 is 4.52 Å². The molecule has 20 heavy (non-hydrogen) atoms. The van der Waals surface area contributed by atoms with E-state index in [1.165, 1.54) is 11.3 Å². The number of hydrogen-bond acceptors (Lipinski definition) is 6. The van der Waals surface area contributed by atoms with E-state index in [2.05, 4.69) is 15.1 Å². The Morgan fingerprint density at radius 1 is 1.20 bits per heavy atom. The van der Waals surface area contributed by atoms with Crippen molar-refractivity contribution in [1.82, 2.24) is 15.1 Å². The summed E-state index contributed by atoms with van der Waals surface area (Å²) in [5, 5.41) is 4.93. The van der Waals surface area contributed by atoms with Crippen LogP contribution in [-0.2, 0) is 6.54 Å². The Hall–Kier alpha value is -2.05. The standard InChI is InChI=1S/C14H14N4OS/c1-8-5-3-4-6-10(8)13-17-14(19-18-13)12-9(2)16-11(7-15)20-12/h3-6H,7,15H2,1-2H3. The summed E-state index contributed by atoms with van der Waals surface area (Å²) in [6, 6.07) is 7.95. The van der Waals surface area contributed by atoms with Gasteiger partial charge in [0.25, 0.3) is 5.89 Å². The lowest BCUT2D eigenvalue weighted by Crippen LogP contribution is -1.94. The second-order valence-electron chi connectivity index (χ2n) is 4.46. The molecule has 6 heteroatoms. The molecular formula is C14H14N4OS. The van der Waals surface area contributed by atoms with Crippen LogP contribution in [-0.4, -0.2) is 15.1 Å². The summed E-state index contributed by atoms with van der Waals surface area (Å²) in [6.07, 6.45) is 0. The SMILES string of the molecule is Cc1ccccc1-c1noc(-c2sc(CN)nc2C)n1. The third kappa shape index (κ3) is 2.23. The smallest absolute Gasteiger partial charge is 0.270 e. The fourth-order valence-corrected chi connectivity index (χ4v) is 2.85. The first-order valence-electron chi connectivity index (χ1n) is 6.25. The van der Waals surface area contributed by atoms with Gasteiger partial charge in [0.05, 0.1) is 5.69 Å². The van der Waals surface area contributed by atoms with Crippen LogP contribution in [0, 0.1) is 13.8 Å². The van der Waals surface area contributed by atoms with E-state index >= 15 is 0 Å². The van der Waals surface area contributed by atoms with Crippen molar-refractivity contribution in [3.8, 4) is 22.2 Å². The molecule has 0 spiro atoms. The average Bonchev–Trinajstić information content (AvgIpc) is 3.05. The summed E-state index contributed by atoms with van der Waals surface area (Å²) >= 11 is 1.49. The van der Waals surface area contributed by atoms with E-state index in [4.69, 9.17) is 10.3 Å². The van der Waals surface area contributed by atoms with E-state index in [0.717, 1.165) is 26.7 Å². The second kappa shape index (κ2) is 5.15. The van der Waals surface area contributed by atoms with Gasteiger partial charge >= 0.3 is 0 Å². The molecule has 0 fully saturated rings. The molecule has 0 aliphatic heterocycles. The molecule has 2 heterocycles. The number of thiazole rings is 1. The van der Waals surface area contributed by atoms with Crippen LogP contribution in [0.25, 0.3) is 22.2 Å². The Labute approximate surface area is 120 Å². The number of benzene rings is 1. The lowest BCUT2D eigenvalue weighted by molar-refractivity contribution is 0.433. The molecule has 3 aromatic rings. The zero-order chi connectivity index (χ0) is 14.1. The molecule has 0 amide bonds. The van der Waals surface area contributed by atoms with E-state index in [1.54, 1.807) is 0 Å². The van der Waals surface area contributed by atoms with Crippen LogP contribution in [0.1, 0.15) is 16.3 Å². The van der Waals surface area contributed by atoms with Crippen LogP contribution in [0.3, 0.4) is 0 Å². The quantitative estimate of drug-likeness (QED) is 0.801. The summed E-state index contributed by atoms with van der Waals surface area (Å²) in [5.41, 5.74) is 8.57. The highest BCUT2D eigenvalue weighted by molar-refractivity contribution is 7.15. The topological polar surface area (TPSA) is 77.8 Å². The first kappa shape index (κ1) is 13.0. The minimum atomic E-state index is 0.421. The first-order chi connectivity index (χ1) is 9.69. The highest BCUT2D eigenvalue weighted by Crippen LogP contribution is 2.30. The van der Waals surface area contributed by atoms with Gasteiger partial charge in [-0.05, 0) is 19.4 Å². The van der Waals surface area contributed by atoms with E-state index < -0.39 is 0 Å². The summed E-state index contributed by atoms with van der Waals surface area (Å²) in [6.45, 7) is 4.36. The van der Waals surface area contributed by atoms with Gasteiger partial charge in [-0.15, -0.1) is 11.3 Å². The minimum absolute atomic E-state index is 0.421. The lowest BCUT2D eigenvalue weighted by Gasteiger charge is -1.97. The molecule has 0 unspecified atom stereocenters. The van der Waals surface area contributed by atoms with Gasteiger partial charge in [-0.1, -0.05) is 29.4 Å². The van der Waals surface area contributed by atoms with Crippen molar-refractivity contribution >= 4 is 11.3 Å². The van der Waals surface area contributed by atoms with Crippen LogP contribution in [0.2, 0.25) is 0 Å². The van der Waals surface area contributed by atoms with Crippen molar-refractivity contribution in [1.29, 1.82) is 0 Å². The predicted molar refractivity (Wildman–Crippen MR) is 78.2 cm³/mol. The number of nitrogens with two attached hydrogens (primary N) is 1. The Bertz CT molecular complexity index is 747. The van der Waals surface area contributed by atoms with Crippen molar-refractivity contribution in [3.63, 3.8) is 0 Å². The van der Waals surface area contributed by atoms with E-state index in [0.29, 0.717) is 18.3 Å². The van der Waals surface area contributed by atoms with Crippen LogP contribution in [0.15, 0.2) is 28.8 Å². The van der Waals surface area contributed by atoms with E-state index in [9.17, 15) is 0 Å². The van der Waals surface area contributed by atoms with Crippen molar-refractivity contribution in [2.45, 2.75) is 20.4 Å². The Morgan fingerprint density at radius 2 is 2.00 bits per heavy atom. The molecule has 2 N–H and O–H groups in total. The Balaban J connectivity index is 2.02. The van der Waals surface area contributed by atoms with Crippen LogP contribution >= 0.6 is 11.3 Å². The molecular weight excluding hydrogens is 272 g/mol. The number of hydrogen-bond donors (Lipinski definition) is 1. The van der Waals surface area contributed by atoms with Gasteiger partial charge in [0.2, 0.25) is 5.82 Å². The number of aryl methyl sites for hydroxylation is 2. The third-order valence-corrected chi connectivity index (χ3v) is 4.19. The predicted octanol–water partition coefficient (Wildman–Crippen LogP) is 2.94. The van der Waals surface area contributed by atoms with E-state index in [1.807, 2.05) is 38.1 Å². The largest absolute Gasteiger partial charge is 0.333 e. The molecule has 2 aromatic heterocycles. The Morgan fingerprint density at radius 3 is 2.70 bits per heavy atom. The summed E-state index contributed by atoms with van der Waals surface area (Å²) in [4.78, 5) is 9.73. The number of aromatic nitrogens is 3. The fourth-order valence-electron chi connectivity index (χ4n) is 1.99. The van der Waals surface area contributed by atoms with Crippen molar-refractivity contribution in [2.24, 2.45) is 5.73 Å². The van der Waals surface area contributed by atoms with Crippen molar-refractivity contribution in [2.75, 3.05) is 0 Å². The zero-order valence-electron chi connectivity index (χ0n) is 11.3. The maximum atomic E-state index is 5.61. The maximum Gasteiger partial charge on any atom is 0.270 e. The highest BCUT2D eigenvalue weighted by atomic mass is 32.1. The molecule has 102 valence electrons. The fraction of sp³-hybridized carbons (Fsp3) is 0.214. The van der Waals surface area contributed by atoms with E-state index in [-0.39, 0.29) is 0 Å². The molecule has 3 rings (SSSR count). The number of nitrogens with zero attached hydrogens (tertiary/aromatic N) is 3. The summed E-state index contributed by atoms with van der Waals surface area (Å²) in [5.74, 6) is 1.10. The van der Waals surface area contributed by atoms with Gasteiger partial charge in [0.15, 0.2) is 0 Å². The summed E-state index contributed by atoms with van der Waals surface area (Å²) in [7, 11) is 0. The van der Waals surface area contributed by atoms with Crippen molar-refractivity contribution in [3.05, 3.63) is 40.5 Å². The van der Waals surface area contributed by atoms with Gasteiger partial charge in [0, 0.05) is 12.1 Å². The molecule has 5 nitrogen and oxygen atoms in total. The Kier molecular flexibility index (Phi) is 3.33. The molecule has 1 aromatic carbocycles. The van der Waals surface area contributed by atoms with Gasteiger partial charge in [-0.2, -0.15) is 4.98 Å². The van der Waals surface area contributed by atoms with Gasteiger partial charge in [0.1, 0.15) is 9.88 Å².